The van der Waals surface area contributed by atoms with Crippen molar-refractivity contribution in [2.75, 3.05) is 31.3 Å². The van der Waals surface area contributed by atoms with Crippen molar-refractivity contribution in [2.24, 2.45) is 17.8 Å². The summed E-state index contributed by atoms with van der Waals surface area (Å²) in [5, 5.41) is -0.251. The van der Waals surface area contributed by atoms with E-state index in [2.05, 4.69) is 48.5 Å². The van der Waals surface area contributed by atoms with Gasteiger partial charge >= 0.3 is 288 Å². The molecule has 0 aliphatic carbocycles. The van der Waals surface area contributed by atoms with Crippen molar-refractivity contribution in [2.45, 2.75) is 150 Å². The Kier molecular flexibility index (Phi) is 30.8. The fourth-order valence-corrected chi connectivity index (χ4v) is 33.5. The van der Waals surface area contributed by atoms with Crippen molar-refractivity contribution in [1.29, 1.82) is 0 Å². The second-order valence-corrected chi connectivity index (χ2v) is 39.2. The molecule has 4 atom stereocenters. The number of carbonyl (C=O) groups excluding carboxylic acids is 3. The SMILES string of the molecule is CCCCOC(=O)[C@H](C[C@H](CC)CCCC)[S][SnH]([S]CC(=O)OC[C@@H](CC)CCCC)[S]CC(=O)OC[C@@H](CC)CCCC. The molecule has 0 aromatic carbocycles. The summed E-state index contributed by atoms with van der Waals surface area (Å²) in [6, 6.07) is 0. The van der Waals surface area contributed by atoms with Gasteiger partial charge in [0.25, 0.3) is 0 Å². The van der Waals surface area contributed by atoms with Gasteiger partial charge in [-0.05, 0) is 0 Å². The average Bonchev–Trinajstić information content (AvgIpc) is 3.03. The molecule has 0 fully saturated rings. The van der Waals surface area contributed by atoms with E-state index in [0.29, 0.717) is 37.6 Å². The minimum absolute atomic E-state index is 0.130. The number of ether oxygens (including phenoxy) is 3. The number of hydrogen-bond acceptors (Lipinski definition) is 9. The molecule has 0 unspecified atom stereocenters. The van der Waals surface area contributed by atoms with Crippen LogP contribution in [0.2, 0.25) is 0 Å². The van der Waals surface area contributed by atoms with Crippen LogP contribution in [-0.4, -0.2) is 70.1 Å². The van der Waals surface area contributed by atoms with Crippen molar-refractivity contribution in [1.82, 2.24) is 0 Å². The topological polar surface area (TPSA) is 78.9 Å². The van der Waals surface area contributed by atoms with E-state index in [1.807, 2.05) is 0 Å². The first-order valence-electron chi connectivity index (χ1n) is 17.6. The Morgan fingerprint density at radius 3 is 1.43 bits per heavy atom. The van der Waals surface area contributed by atoms with Gasteiger partial charge in [-0.1, -0.05) is 0 Å². The minimum atomic E-state index is -2.77. The Morgan fingerprint density at radius 1 is 0.591 bits per heavy atom. The zero-order chi connectivity index (χ0) is 33.0. The standard InChI is InChI=1S/C14H28O2S.2C10H20O2S.Sn.H/c1-4-7-9-12(6-3)11-13(17)14(15)16-10-8-5-2;2*1-3-5-6-9(4-2)7-12-10(11)8-13;;/h12-13,17H,4-11H2,1-3H3;2*9,13H,3-8H2,1-2H3;;/q;;;+3;/p-3/t12-,13+;2*9-;;/m100../s1. The van der Waals surface area contributed by atoms with Gasteiger partial charge in [0.2, 0.25) is 0 Å². The molecule has 0 rings (SSSR count). The molecule has 6 nitrogen and oxygen atoms in total. The van der Waals surface area contributed by atoms with Crippen LogP contribution in [0.15, 0.2) is 0 Å². The van der Waals surface area contributed by atoms with Crippen LogP contribution in [-0.2, 0) is 28.6 Å². The van der Waals surface area contributed by atoms with Crippen molar-refractivity contribution < 1.29 is 28.6 Å². The molecule has 0 saturated carbocycles. The van der Waals surface area contributed by atoms with Gasteiger partial charge < -0.3 is 0 Å². The van der Waals surface area contributed by atoms with Crippen LogP contribution in [0, 0.1) is 17.8 Å². The summed E-state index contributed by atoms with van der Waals surface area (Å²) in [6.45, 7) is 16.6. The summed E-state index contributed by atoms with van der Waals surface area (Å²) in [5.41, 5.74) is 0. The molecule has 0 aliphatic heterocycles. The van der Waals surface area contributed by atoms with Gasteiger partial charge in [0, 0.05) is 0 Å². The van der Waals surface area contributed by atoms with E-state index >= 15 is 0 Å². The number of unbranched alkanes of at least 4 members (excludes halogenated alkanes) is 4. The van der Waals surface area contributed by atoms with Crippen LogP contribution in [0.3, 0.4) is 0 Å². The van der Waals surface area contributed by atoms with Crippen molar-refractivity contribution in [3.8, 4) is 0 Å². The van der Waals surface area contributed by atoms with Gasteiger partial charge in [0.05, 0.1) is 0 Å². The van der Waals surface area contributed by atoms with Gasteiger partial charge in [-0.15, -0.1) is 0 Å². The van der Waals surface area contributed by atoms with Crippen LogP contribution >= 0.6 is 26.8 Å². The summed E-state index contributed by atoms with van der Waals surface area (Å²) in [5.74, 6) is 1.33. The quantitative estimate of drug-likeness (QED) is 0.0306. The Hall–Kier alpha value is 0.259. The number of hydrogen-bond donors (Lipinski definition) is 0. The molecule has 0 aromatic heterocycles. The third-order valence-corrected chi connectivity index (χ3v) is 38.0. The monoisotopic (exact) mass is 786 g/mol. The Balaban J connectivity index is 5.52. The first-order valence-corrected chi connectivity index (χ1v) is 32.8. The Labute approximate surface area is 286 Å². The Morgan fingerprint density at radius 2 is 1.02 bits per heavy atom. The number of rotatable bonds is 30. The number of esters is 3. The summed E-state index contributed by atoms with van der Waals surface area (Å²) < 4.78 is 17.1. The van der Waals surface area contributed by atoms with Crippen LogP contribution in [0.5, 0.6) is 0 Å². The molecule has 0 aromatic rings. The molecule has 0 radical (unpaired) electrons. The van der Waals surface area contributed by atoms with E-state index in [1.54, 1.807) is 26.8 Å². The molecule has 0 saturated heterocycles. The Bertz CT molecular complexity index is 693. The first-order chi connectivity index (χ1) is 21.3. The zero-order valence-electron chi connectivity index (χ0n) is 29.2. The van der Waals surface area contributed by atoms with Crippen LogP contribution in [0.25, 0.3) is 0 Å². The third-order valence-electron chi connectivity index (χ3n) is 8.09. The van der Waals surface area contributed by atoms with E-state index in [-0.39, 0.29) is 34.7 Å². The molecular weight excluding hydrogens is 719 g/mol. The van der Waals surface area contributed by atoms with E-state index in [4.69, 9.17) is 14.2 Å². The molecular formula is C34H66O6S3Sn. The fraction of sp³-hybridized carbons (Fsp3) is 0.912. The van der Waals surface area contributed by atoms with Crippen molar-refractivity contribution in [3.63, 3.8) is 0 Å². The molecule has 0 spiro atoms. The van der Waals surface area contributed by atoms with Crippen LogP contribution < -0.4 is 0 Å². The van der Waals surface area contributed by atoms with Crippen molar-refractivity contribution >= 4 is 60.4 Å². The first kappa shape index (κ1) is 44.3. The molecule has 44 heavy (non-hydrogen) atoms. The molecule has 0 N–H and O–H groups in total. The molecule has 0 bridgehead atoms. The molecule has 10 heteroatoms. The van der Waals surface area contributed by atoms with E-state index in [1.165, 1.54) is 0 Å². The van der Waals surface area contributed by atoms with Crippen LogP contribution in [0.4, 0.5) is 0 Å². The molecule has 260 valence electrons. The second-order valence-electron chi connectivity index (χ2n) is 11.9. The molecule has 0 aliphatic rings. The zero-order valence-corrected chi connectivity index (χ0v) is 34.9. The fourth-order valence-electron chi connectivity index (χ4n) is 4.74. The summed E-state index contributed by atoms with van der Waals surface area (Å²) >= 11 is -2.77. The normalized spacial score (nSPS) is 14.2. The number of carbonyl (C=O) groups is 3. The average molecular weight is 786 g/mol. The second kappa shape index (κ2) is 30.6. The summed E-state index contributed by atoms with van der Waals surface area (Å²) in [6.07, 6.45) is 15.8. The van der Waals surface area contributed by atoms with Gasteiger partial charge in [-0.2, -0.15) is 0 Å². The predicted octanol–water partition coefficient (Wildman–Crippen LogP) is 9.74. The summed E-state index contributed by atoms with van der Waals surface area (Å²) in [4.78, 5) is 38.9. The maximum absolute atomic E-state index is 13.3. The van der Waals surface area contributed by atoms with Crippen LogP contribution in [0.1, 0.15) is 145 Å². The predicted molar refractivity (Wildman–Crippen MR) is 196 cm³/mol. The maximum atomic E-state index is 13.3. The summed E-state index contributed by atoms with van der Waals surface area (Å²) in [7, 11) is 5.07. The van der Waals surface area contributed by atoms with E-state index in [9.17, 15) is 14.4 Å². The van der Waals surface area contributed by atoms with Gasteiger partial charge in [-0.3, -0.25) is 0 Å². The van der Waals surface area contributed by atoms with Gasteiger partial charge in [0.15, 0.2) is 0 Å². The van der Waals surface area contributed by atoms with Crippen molar-refractivity contribution in [3.05, 3.63) is 0 Å². The van der Waals surface area contributed by atoms with E-state index in [0.717, 1.165) is 96.3 Å². The van der Waals surface area contributed by atoms with Gasteiger partial charge in [0.1, 0.15) is 0 Å². The van der Waals surface area contributed by atoms with Gasteiger partial charge in [-0.25, -0.2) is 0 Å². The molecule has 0 heterocycles. The van der Waals surface area contributed by atoms with E-state index < -0.39 is 15.6 Å². The third kappa shape index (κ3) is 23.6. The molecule has 0 amide bonds.